The number of β-lactam (4-membered cyclic amide) rings is 1. The fourth-order valence-corrected chi connectivity index (χ4v) is 11.0. The van der Waals surface area contributed by atoms with Gasteiger partial charge in [-0.3, -0.25) is 19.3 Å². The Hall–Kier alpha value is -6.50. The molecule has 2 aromatic heterocycles. The van der Waals surface area contributed by atoms with Crippen molar-refractivity contribution in [3.63, 3.8) is 0 Å². The molecule has 0 radical (unpaired) electrons. The molecule has 0 bridgehead atoms. The van der Waals surface area contributed by atoms with Gasteiger partial charge in [0.2, 0.25) is 12.1 Å². The minimum Gasteiger partial charge on any atom is -0.477 e. The summed E-state index contributed by atoms with van der Waals surface area (Å²) < 4.78 is 7.35. The summed E-state index contributed by atoms with van der Waals surface area (Å²) in [6, 6.07) is 32.3. The summed E-state index contributed by atoms with van der Waals surface area (Å²) in [6.07, 6.45) is 4.73. The average molecular weight is 947 g/mol. The van der Waals surface area contributed by atoms with Crippen molar-refractivity contribution < 1.29 is 43.2 Å². The van der Waals surface area contributed by atoms with E-state index in [4.69, 9.17) is 20.3 Å². The number of thioether (sulfide) groups is 2. The minimum absolute atomic E-state index is 0.0280. The molecule has 5 aromatic rings. The zero-order valence-electron chi connectivity index (χ0n) is 36.3. The molecule has 0 spiro atoms. The number of benzene rings is 3. The highest BCUT2D eigenvalue weighted by Crippen LogP contribution is 2.43. The van der Waals surface area contributed by atoms with Gasteiger partial charge in [0.1, 0.15) is 33.9 Å². The number of amides is 3. The molecular weight excluding hydrogens is 899 g/mol. The first-order chi connectivity index (χ1) is 31.7. The summed E-state index contributed by atoms with van der Waals surface area (Å²) in [5, 5.41) is 22.6. The number of fused-ring (bicyclic) bond motifs is 1. The molecule has 2 fully saturated rings. The van der Waals surface area contributed by atoms with Gasteiger partial charge >= 0.3 is 11.9 Å². The van der Waals surface area contributed by atoms with Gasteiger partial charge < -0.3 is 31.0 Å². The zero-order valence-corrected chi connectivity index (χ0v) is 38.8. The maximum atomic E-state index is 14.5. The smallest absolute Gasteiger partial charge is 0.353 e. The third-order valence-corrected chi connectivity index (χ3v) is 14.5. The van der Waals surface area contributed by atoms with Gasteiger partial charge in [-0.15, -0.1) is 34.9 Å². The Morgan fingerprint density at radius 3 is 2.05 bits per heavy atom. The number of anilines is 1. The number of hydrogen-bond donors (Lipinski definition) is 4. The SMILES string of the molecule is CC(C)(C)OC(=O)C1(O/N=C(\C(=O)N[C@@H]2C(=O)N3C(C(=O)O)=C(CSc4cc[n+](CC(N)=O)cc4)CS[C@H]23)c2csc(NC(c3ccccc3)(c3ccccc3)c3ccccc3)n2)CCC1. The first-order valence-corrected chi connectivity index (χ1v) is 24.1. The van der Waals surface area contributed by atoms with E-state index in [-0.39, 0.29) is 29.4 Å². The van der Waals surface area contributed by atoms with Crippen molar-refractivity contribution in [1.29, 1.82) is 0 Å². The number of pyridine rings is 1. The van der Waals surface area contributed by atoms with Crippen molar-refractivity contribution in [2.75, 3.05) is 16.8 Å². The van der Waals surface area contributed by atoms with Gasteiger partial charge in [0.25, 0.3) is 17.7 Å². The molecular formula is C48H48N7O8S3+. The van der Waals surface area contributed by atoms with Crippen LogP contribution < -0.4 is 20.9 Å². The van der Waals surface area contributed by atoms with Gasteiger partial charge in [-0.1, -0.05) is 96.2 Å². The molecule has 3 amide bonds. The largest absolute Gasteiger partial charge is 0.477 e. The summed E-state index contributed by atoms with van der Waals surface area (Å²) in [7, 11) is 0. The van der Waals surface area contributed by atoms with Crippen molar-refractivity contribution in [2.45, 2.75) is 79.6 Å². The van der Waals surface area contributed by atoms with Crippen LogP contribution in [0.5, 0.6) is 0 Å². The Bertz CT molecular complexity index is 2590. The van der Waals surface area contributed by atoms with E-state index in [1.54, 1.807) is 55.2 Å². The number of ether oxygens (including phenoxy) is 1. The van der Waals surface area contributed by atoms with Crippen molar-refractivity contribution in [3.8, 4) is 0 Å². The second-order valence-corrected chi connectivity index (χ2v) is 20.0. The first-order valence-electron chi connectivity index (χ1n) is 21.2. The Balaban J connectivity index is 1.09. The lowest BCUT2D eigenvalue weighted by atomic mass is 9.77. The standard InChI is InChI=1S/C48H47N7O8S3/c1-46(2,3)62-44(61)47(22-13-23-47)63-53-37(35-29-66-45(50-35)52-48(31-14-7-4-8-15-31,32-16-9-5-10-17-32)33-18-11-6-12-19-33)40(57)51-38-41(58)55-39(43(59)60)30(28-65-42(38)55)27-64-34-20-24-54(25-21-34)26-36(49)56/h4-12,14-21,24-25,29,38,42H,13,22-23,26-28H2,1-3H3,(H4-,49,50,51,52,56,57,59,60)/p+1/b53-37-/t38-,42-/m1/s1. The number of oxime groups is 1. The molecule has 2 aliphatic heterocycles. The maximum absolute atomic E-state index is 14.5. The van der Waals surface area contributed by atoms with Crippen LogP contribution in [0.4, 0.5) is 5.13 Å². The monoisotopic (exact) mass is 946 g/mol. The molecule has 3 aliphatic rings. The summed E-state index contributed by atoms with van der Waals surface area (Å²) in [4.78, 5) is 79.0. The van der Waals surface area contributed by atoms with E-state index in [1.165, 1.54) is 39.8 Å². The van der Waals surface area contributed by atoms with Crippen LogP contribution in [0, 0.1) is 0 Å². The van der Waals surface area contributed by atoms with Gasteiger partial charge in [-0.25, -0.2) is 14.6 Å². The normalized spacial score (nSPS) is 18.0. The summed E-state index contributed by atoms with van der Waals surface area (Å²) >= 11 is 3.97. The molecule has 5 N–H and O–H groups in total. The van der Waals surface area contributed by atoms with Crippen LogP contribution in [0.3, 0.4) is 0 Å². The van der Waals surface area contributed by atoms with E-state index in [2.05, 4.69) is 15.8 Å². The molecule has 1 aliphatic carbocycles. The summed E-state index contributed by atoms with van der Waals surface area (Å²) in [5.41, 5.74) is 5.18. The number of carbonyl (C=O) groups is 5. The lowest BCUT2D eigenvalue weighted by Gasteiger charge is -2.49. The number of aromatic nitrogens is 2. The number of hydrogen-bond acceptors (Lipinski definition) is 13. The van der Waals surface area contributed by atoms with E-state index in [0.29, 0.717) is 35.7 Å². The minimum atomic E-state index is -1.43. The van der Waals surface area contributed by atoms with Crippen LogP contribution in [-0.2, 0) is 45.6 Å². The number of carboxylic acids is 1. The summed E-state index contributed by atoms with van der Waals surface area (Å²) in [5.74, 6) is -3.16. The molecule has 0 unspecified atom stereocenters. The van der Waals surface area contributed by atoms with Crippen molar-refractivity contribution in [3.05, 3.63) is 155 Å². The first kappa shape index (κ1) is 46.0. The highest BCUT2D eigenvalue weighted by atomic mass is 32.2. The Labute approximate surface area is 393 Å². The van der Waals surface area contributed by atoms with Gasteiger partial charge in [0, 0.05) is 46.8 Å². The van der Waals surface area contributed by atoms with Crippen LogP contribution in [0.2, 0.25) is 0 Å². The second-order valence-electron chi connectivity index (χ2n) is 17.0. The van der Waals surface area contributed by atoms with E-state index < -0.39 is 57.8 Å². The number of thiazole rings is 1. The molecule has 4 heterocycles. The Morgan fingerprint density at radius 1 is 0.939 bits per heavy atom. The van der Waals surface area contributed by atoms with Crippen LogP contribution >= 0.6 is 34.9 Å². The highest BCUT2D eigenvalue weighted by Gasteiger charge is 2.55. The highest BCUT2D eigenvalue weighted by molar-refractivity contribution is 8.01. The zero-order chi connectivity index (χ0) is 46.6. The molecule has 18 heteroatoms. The number of nitrogens with two attached hydrogens (primary N) is 1. The summed E-state index contributed by atoms with van der Waals surface area (Å²) in [6.45, 7) is 5.29. The number of aliphatic carboxylic acids is 1. The van der Waals surface area contributed by atoms with Crippen LogP contribution in [0.25, 0.3) is 0 Å². The fourth-order valence-electron chi connectivity index (χ4n) is 7.92. The number of primary amides is 1. The number of nitrogens with one attached hydrogen (secondary N) is 2. The lowest BCUT2D eigenvalue weighted by molar-refractivity contribution is -0.684. The number of carbonyl (C=O) groups excluding carboxylic acids is 4. The number of rotatable bonds is 17. The van der Waals surface area contributed by atoms with E-state index in [9.17, 15) is 29.1 Å². The van der Waals surface area contributed by atoms with Crippen LogP contribution in [-0.4, -0.2) is 84.5 Å². The van der Waals surface area contributed by atoms with Gasteiger partial charge in [-0.2, -0.15) is 4.57 Å². The molecule has 66 heavy (non-hydrogen) atoms. The molecule has 8 rings (SSSR count). The topological polar surface area (TPSA) is 206 Å². The van der Waals surface area contributed by atoms with E-state index in [1.807, 2.05) is 91.0 Å². The Kier molecular flexibility index (Phi) is 13.4. The number of esters is 1. The second kappa shape index (κ2) is 19.1. The number of nitrogens with zero attached hydrogens (tertiary/aromatic N) is 4. The molecule has 3 aromatic carbocycles. The number of carboxylic acid groups (broad SMARTS) is 1. The predicted octanol–water partition coefficient (Wildman–Crippen LogP) is 5.84. The lowest BCUT2D eigenvalue weighted by Crippen LogP contribution is -2.71. The van der Waals surface area contributed by atoms with Crippen molar-refractivity contribution in [1.82, 2.24) is 15.2 Å². The van der Waals surface area contributed by atoms with E-state index in [0.717, 1.165) is 21.6 Å². The fraction of sp³-hybridized carbons (Fsp3) is 0.292. The van der Waals surface area contributed by atoms with Gasteiger partial charge in [-0.05, 0) is 49.5 Å². The molecule has 1 saturated carbocycles. The molecule has 15 nitrogen and oxygen atoms in total. The molecule has 340 valence electrons. The quantitative estimate of drug-likeness (QED) is 0.0165. The Morgan fingerprint density at radius 2 is 1.53 bits per heavy atom. The third kappa shape index (κ3) is 9.57. The van der Waals surface area contributed by atoms with E-state index >= 15 is 0 Å². The predicted molar refractivity (Wildman–Crippen MR) is 251 cm³/mol. The van der Waals surface area contributed by atoms with Crippen molar-refractivity contribution >= 4 is 75.4 Å². The maximum Gasteiger partial charge on any atom is 0.353 e. The van der Waals surface area contributed by atoms with Crippen LogP contribution in [0.1, 0.15) is 62.4 Å². The average Bonchev–Trinajstić information content (AvgIpc) is 3.75. The van der Waals surface area contributed by atoms with Crippen molar-refractivity contribution in [2.24, 2.45) is 10.9 Å². The molecule has 1 saturated heterocycles. The van der Waals surface area contributed by atoms with Gasteiger partial charge in [0.15, 0.2) is 23.2 Å². The van der Waals surface area contributed by atoms with Gasteiger partial charge in [0.05, 0.1) is 0 Å². The van der Waals surface area contributed by atoms with Crippen LogP contribution in [0.15, 0.2) is 142 Å². The third-order valence-electron chi connectivity index (χ3n) is 11.3. The molecule has 2 atom stereocenters.